The Balaban J connectivity index is 2.26. The van der Waals surface area contributed by atoms with Crippen LogP contribution < -0.4 is 0 Å². The van der Waals surface area contributed by atoms with E-state index >= 15 is 0 Å². The SMILES string of the molecule is c1ccc2[se]c3[se]c4ccccc4[se]c=3[se]c2c1. The van der Waals surface area contributed by atoms with Crippen LogP contribution in [0.2, 0.25) is 0 Å². The Labute approximate surface area is 128 Å². The van der Waals surface area contributed by atoms with E-state index in [4.69, 9.17) is 0 Å². The molecule has 0 radical (unpaired) electrons. The Kier molecular flexibility index (Phi) is 3.33. The van der Waals surface area contributed by atoms with Crippen molar-refractivity contribution >= 4 is 75.1 Å². The standard InChI is InChI=1S/C14H8Se4/c1-2-6-10-9(5-1)15-13-14(16-10)18-12-8-4-3-7-11(12)17-13/h1-8H. The third-order valence-electron chi connectivity index (χ3n) is 2.68. The number of benzene rings is 2. The fourth-order valence-electron chi connectivity index (χ4n) is 1.85. The van der Waals surface area contributed by atoms with E-state index in [1.165, 1.54) is 0 Å². The van der Waals surface area contributed by atoms with E-state index in [1.807, 2.05) is 5.93 Å². The van der Waals surface area contributed by atoms with Crippen molar-refractivity contribution in [2.75, 3.05) is 0 Å². The molecule has 4 heteroatoms. The Bertz CT molecular complexity index is 783. The van der Waals surface area contributed by atoms with Crippen LogP contribution in [0.4, 0.5) is 0 Å². The molecular weight excluding hydrogens is 484 g/mol. The maximum atomic E-state index is 2.35. The zero-order valence-corrected chi connectivity index (χ0v) is 16.1. The number of hydrogen-bond donors (Lipinski definition) is 0. The Morgan fingerprint density at radius 3 is 1.00 bits per heavy atom. The molecule has 0 saturated carbocycles. The molecule has 0 atom stereocenters. The molecule has 0 nitrogen and oxygen atoms in total. The van der Waals surface area contributed by atoms with Crippen LogP contribution >= 0.6 is 0 Å². The quantitative estimate of drug-likeness (QED) is 0.330. The summed E-state index contributed by atoms with van der Waals surface area (Å²) >= 11 is 2.45. The predicted molar refractivity (Wildman–Crippen MR) is 82.1 cm³/mol. The maximum absolute atomic E-state index is 2.35. The van der Waals surface area contributed by atoms with Gasteiger partial charge in [0, 0.05) is 0 Å². The van der Waals surface area contributed by atoms with Crippen molar-refractivity contribution in [3.05, 3.63) is 54.5 Å². The molecule has 2 aromatic rings. The summed E-state index contributed by atoms with van der Waals surface area (Å²) in [5.41, 5.74) is 0. The number of rotatable bonds is 0. The zero-order valence-electron chi connectivity index (χ0n) is 9.25. The summed E-state index contributed by atoms with van der Waals surface area (Å²) in [6, 6.07) is 18.2. The van der Waals surface area contributed by atoms with Crippen LogP contribution in [0.15, 0.2) is 48.5 Å². The summed E-state index contributed by atoms with van der Waals surface area (Å²) in [6.45, 7) is 0. The van der Waals surface area contributed by atoms with E-state index in [0.29, 0.717) is 58.0 Å². The monoisotopic (exact) mass is 496 g/mol. The van der Waals surface area contributed by atoms with E-state index in [1.54, 1.807) is 17.0 Å². The summed E-state index contributed by atoms with van der Waals surface area (Å²) in [5.74, 6) is 0. The van der Waals surface area contributed by atoms with Crippen LogP contribution in [0.3, 0.4) is 0 Å². The van der Waals surface area contributed by atoms with Gasteiger partial charge in [-0.1, -0.05) is 0 Å². The fourth-order valence-corrected chi connectivity index (χ4v) is 17.3. The first-order chi connectivity index (χ1) is 8.90. The summed E-state index contributed by atoms with van der Waals surface area (Å²) in [7, 11) is 0. The average molecular weight is 492 g/mol. The van der Waals surface area contributed by atoms with Crippen molar-refractivity contribution in [1.82, 2.24) is 0 Å². The van der Waals surface area contributed by atoms with Crippen molar-refractivity contribution in [2.45, 2.75) is 0 Å². The van der Waals surface area contributed by atoms with E-state index < -0.39 is 0 Å². The molecule has 0 spiro atoms. The number of hydrogen-bond acceptors (Lipinski definition) is 0. The molecule has 2 aliphatic heterocycles. The first-order valence-corrected chi connectivity index (χ1v) is 12.4. The van der Waals surface area contributed by atoms with E-state index in [-0.39, 0.29) is 0 Å². The molecule has 0 fully saturated rings. The molecule has 0 amide bonds. The second-order valence-corrected chi connectivity index (χ2v) is 15.3. The summed E-state index contributed by atoms with van der Waals surface area (Å²) < 4.78 is 10.3. The van der Waals surface area contributed by atoms with Crippen LogP contribution in [-0.4, -0.2) is 58.0 Å². The van der Waals surface area contributed by atoms with Crippen molar-refractivity contribution < 1.29 is 0 Å². The third-order valence-corrected chi connectivity index (χ3v) is 18.3. The Hall–Kier alpha value is 0.258. The topological polar surface area (TPSA) is 0 Å². The molecule has 2 aromatic carbocycles. The van der Waals surface area contributed by atoms with Crippen LogP contribution in [-0.2, 0) is 0 Å². The third kappa shape index (κ3) is 2.12. The first-order valence-electron chi connectivity index (χ1n) is 5.54. The van der Waals surface area contributed by atoms with E-state index in [0.717, 1.165) is 0 Å². The van der Waals surface area contributed by atoms with Crippen molar-refractivity contribution in [3.63, 3.8) is 0 Å². The minimum atomic E-state index is 0.612. The van der Waals surface area contributed by atoms with Crippen LogP contribution in [0.25, 0.3) is 17.0 Å². The van der Waals surface area contributed by atoms with Gasteiger partial charge < -0.3 is 0 Å². The van der Waals surface area contributed by atoms with Gasteiger partial charge >= 0.3 is 130 Å². The molecule has 0 bridgehead atoms. The molecule has 0 N–H and O–H groups in total. The van der Waals surface area contributed by atoms with Crippen molar-refractivity contribution in [3.8, 4) is 0 Å². The van der Waals surface area contributed by atoms with E-state index in [2.05, 4.69) is 48.5 Å². The van der Waals surface area contributed by atoms with E-state index in [9.17, 15) is 0 Å². The normalized spacial score (nSPS) is 11.3. The molecule has 88 valence electrons. The molecule has 0 aromatic heterocycles. The molecule has 0 saturated heterocycles. The van der Waals surface area contributed by atoms with Gasteiger partial charge in [-0.2, -0.15) is 0 Å². The Morgan fingerprint density at radius 2 is 0.722 bits per heavy atom. The van der Waals surface area contributed by atoms with Gasteiger partial charge in [0.15, 0.2) is 0 Å². The fraction of sp³-hybridized carbons (Fsp3) is 0. The summed E-state index contributed by atoms with van der Waals surface area (Å²) in [4.78, 5) is 0. The predicted octanol–water partition coefficient (Wildman–Crippen LogP) is 2.07. The first kappa shape index (κ1) is 12.0. The van der Waals surface area contributed by atoms with Gasteiger partial charge in [0.25, 0.3) is 0 Å². The van der Waals surface area contributed by atoms with Crippen LogP contribution in [0.5, 0.6) is 0 Å². The average Bonchev–Trinajstić information content (AvgIpc) is 2.42. The second-order valence-electron chi connectivity index (χ2n) is 3.88. The van der Waals surface area contributed by atoms with Crippen LogP contribution in [0, 0.1) is 5.93 Å². The molecular formula is C14H8Se4. The summed E-state index contributed by atoms with van der Waals surface area (Å²) in [5, 5.41) is 0. The van der Waals surface area contributed by atoms with Gasteiger partial charge in [0.05, 0.1) is 0 Å². The van der Waals surface area contributed by atoms with Crippen LogP contribution in [0.1, 0.15) is 0 Å². The molecule has 0 unspecified atom stereocenters. The molecule has 18 heavy (non-hydrogen) atoms. The van der Waals surface area contributed by atoms with Crippen molar-refractivity contribution in [2.24, 2.45) is 0 Å². The number of fused-ring (bicyclic) bond motifs is 2. The zero-order chi connectivity index (χ0) is 11.9. The molecule has 2 aliphatic rings. The van der Waals surface area contributed by atoms with Gasteiger partial charge in [-0.25, -0.2) is 0 Å². The molecule has 0 aliphatic carbocycles. The minimum absolute atomic E-state index is 0.612. The second kappa shape index (κ2) is 4.98. The van der Waals surface area contributed by atoms with Gasteiger partial charge in [0.2, 0.25) is 0 Å². The summed E-state index contributed by atoms with van der Waals surface area (Å²) in [6.07, 6.45) is 0. The van der Waals surface area contributed by atoms with Gasteiger partial charge in [0.1, 0.15) is 0 Å². The van der Waals surface area contributed by atoms with Gasteiger partial charge in [-0.3, -0.25) is 0 Å². The van der Waals surface area contributed by atoms with Gasteiger partial charge in [-0.05, 0) is 0 Å². The Morgan fingerprint density at radius 1 is 0.444 bits per heavy atom. The van der Waals surface area contributed by atoms with Crippen molar-refractivity contribution in [1.29, 1.82) is 0 Å². The van der Waals surface area contributed by atoms with Gasteiger partial charge in [-0.15, -0.1) is 0 Å². The molecule has 4 rings (SSSR count). The molecule has 2 heterocycles.